The summed E-state index contributed by atoms with van der Waals surface area (Å²) < 4.78 is 0. The smallest absolute Gasteiger partial charge is 0.325 e. The fourth-order valence-electron chi connectivity index (χ4n) is 7.88. The van der Waals surface area contributed by atoms with Gasteiger partial charge in [0.2, 0.25) is 70.9 Å². The molecule has 0 aliphatic rings. The van der Waals surface area contributed by atoms with Crippen LogP contribution in [0.1, 0.15) is 118 Å². The number of unbranched alkanes of at least 4 members (excludes halogenated alkanes) is 3. The number of thiocarbonyl (C=S) groups is 1. The normalized spacial score (nSPS) is 15.0. The Bertz CT molecular complexity index is 2400. The van der Waals surface area contributed by atoms with Crippen molar-refractivity contribution in [3.8, 4) is 0 Å². The lowest BCUT2D eigenvalue weighted by atomic mass is 10.0. The molecule has 0 unspecified atom stereocenters. The molecule has 89 heavy (non-hydrogen) atoms. The maximum absolute atomic E-state index is 14.2. The number of carbonyl (C=O) groups excluding carboxylic acids is 12. The molecule has 0 aliphatic heterocycles. The highest BCUT2D eigenvalue weighted by molar-refractivity contribution is 7.80. The number of rotatable bonds is 46. The molecule has 12 atom stereocenters. The summed E-state index contributed by atoms with van der Waals surface area (Å²) in [6.07, 6.45) is -1.40. The van der Waals surface area contributed by atoms with E-state index in [2.05, 4.69) is 68.8 Å². The Hall–Kier alpha value is -7.97. The van der Waals surface area contributed by atoms with Crippen molar-refractivity contribution in [3.05, 3.63) is 0 Å². The first-order valence-electron chi connectivity index (χ1n) is 29.0. The topological polar surface area (TPSA) is 616 Å². The van der Waals surface area contributed by atoms with Crippen molar-refractivity contribution in [2.45, 2.75) is 191 Å². The third-order valence-corrected chi connectivity index (χ3v) is 13.2. The number of aliphatic hydroxyl groups is 3. The van der Waals surface area contributed by atoms with Crippen LogP contribution >= 0.6 is 12.2 Å². The van der Waals surface area contributed by atoms with Crippen molar-refractivity contribution < 1.29 is 82.8 Å². The minimum Gasteiger partial charge on any atom is -0.480 e. The summed E-state index contributed by atoms with van der Waals surface area (Å²) in [7, 11) is 0. The molecule has 0 aromatic heterocycles. The summed E-state index contributed by atoms with van der Waals surface area (Å²) in [4.78, 5) is 174. The van der Waals surface area contributed by atoms with E-state index in [1.54, 1.807) is 6.92 Å². The summed E-state index contributed by atoms with van der Waals surface area (Å²) in [6.45, 7) is 4.61. The van der Waals surface area contributed by atoms with Crippen molar-refractivity contribution in [2.75, 3.05) is 45.9 Å². The first-order valence-corrected chi connectivity index (χ1v) is 29.4. The van der Waals surface area contributed by atoms with Gasteiger partial charge < -0.3 is 119 Å². The lowest BCUT2D eigenvalue weighted by Gasteiger charge is -2.28. The fourth-order valence-corrected chi connectivity index (χ4v) is 7.98. The van der Waals surface area contributed by atoms with Gasteiger partial charge in [0.05, 0.1) is 42.9 Å². The van der Waals surface area contributed by atoms with Gasteiger partial charge in [0.15, 0.2) is 5.96 Å². The highest BCUT2D eigenvalue weighted by atomic mass is 32.1. The van der Waals surface area contributed by atoms with Crippen LogP contribution in [0.3, 0.4) is 0 Å². The first-order chi connectivity index (χ1) is 41.8. The zero-order chi connectivity index (χ0) is 67.9. The minimum absolute atomic E-state index is 0.0432. The second kappa shape index (κ2) is 44.5. The molecule has 0 aromatic carbocycles. The van der Waals surface area contributed by atoms with Gasteiger partial charge in [0.1, 0.15) is 54.4 Å². The predicted molar refractivity (Wildman–Crippen MR) is 325 cm³/mol. The van der Waals surface area contributed by atoms with Gasteiger partial charge in [-0.15, -0.1) is 0 Å². The van der Waals surface area contributed by atoms with Gasteiger partial charge >= 0.3 is 5.97 Å². The number of nitrogens with one attached hydrogen (secondary N) is 12. The summed E-state index contributed by atoms with van der Waals surface area (Å²) >= 11 is 5.06. The maximum atomic E-state index is 14.2. The molecule has 0 saturated heterocycles. The molecule has 37 heteroatoms. The van der Waals surface area contributed by atoms with E-state index in [9.17, 15) is 77.6 Å². The molecule has 0 bridgehead atoms. The first kappa shape index (κ1) is 81.0. The van der Waals surface area contributed by atoms with Crippen LogP contribution in [0, 0.1) is 0 Å². The number of nitrogens with two attached hydrogens (primary N) is 6. The van der Waals surface area contributed by atoms with E-state index in [1.807, 2.05) is 0 Å². The number of hydrogen-bond donors (Lipinski definition) is 22. The monoisotopic (exact) mass is 1290 g/mol. The van der Waals surface area contributed by atoms with E-state index in [0.29, 0.717) is 50.2 Å². The number of carboxylic acids is 1. The maximum Gasteiger partial charge on any atom is 0.325 e. The number of primary amides is 1. The van der Waals surface area contributed by atoms with Crippen LogP contribution in [0.5, 0.6) is 0 Å². The quantitative estimate of drug-likeness (QED) is 0.0116. The van der Waals surface area contributed by atoms with Gasteiger partial charge in [-0.3, -0.25) is 67.3 Å². The molecule has 0 aliphatic carbocycles. The molecule has 0 rings (SSSR count). The number of aliphatic carboxylic acids is 1. The Balaban J connectivity index is 6.41. The zero-order valence-electron chi connectivity index (χ0n) is 51.0. The summed E-state index contributed by atoms with van der Waals surface area (Å²) in [5.41, 5.74) is 33.2. The van der Waals surface area contributed by atoms with Crippen LogP contribution in [0.2, 0.25) is 0 Å². The Morgan fingerprint density at radius 1 is 0.472 bits per heavy atom. The molecule has 0 spiro atoms. The second-order valence-corrected chi connectivity index (χ2v) is 21.5. The van der Waals surface area contributed by atoms with E-state index in [0.717, 1.165) is 13.8 Å². The number of carbonyl (C=O) groups is 13. The van der Waals surface area contributed by atoms with Crippen LogP contribution in [0.4, 0.5) is 0 Å². The molecule has 36 nitrogen and oxygen atoms in total. The molecule has 28 N–H and O–H groups in total. The lowest BCUT2D eigenvalue weighted by Crippen LogP contribution is -2.61. The number of guanidine groups is 1. The lowest BCUT2D eigenvalue weighted by molar-refractivity contribution is -0.141. The molecule has 12 amide bonds. The highest BCUT2D eigenvalue weighted by Crippen LogP contribution is 2.09. The Labute approximate surface area is 521 Å². The van der Waals surface area contributed by atoms with Crippen molar-refractivity contribution >= 4 is 100 Å². The van der Waals surface area contributed by atoms with Gasteiger partial charge in [-0.25, -0.2) is 0 Å². The van der Waals surface area contributed by atoms with Gasteiger partial charge in [-0.2, -0.15) is 0 Å². The third-order valence-electron chi connectivity index (χ3n) is 13.0. The molecule has 0 fully saturated rings. The average molecular weight is 1290 g/mol. The predicted octanol–water partition coefficient (Wildman–Crippen LogP) is -9.53. The molecule has 0 heterocycles. The molecule has 0 aromatic rings. The minimum atomic E-state index is -1.85. The Kier molecular flexibility index (Phi) is 40.5. The van der Waals surface area contributed by atoms with Crippen LogP contribution < -0.4 is 98.2 Å². The number of aliphatic imine (C=N–C) groups is 1. The van der Waals surface area contributed by atoms with E-state index in [1.165, 1.54) is 13.8 Å². The number of amides is 12. The second-order valence-electron chi connectivity index (χ2n) is 20.9. The number of carboxylic acid groups (broad SMARTS) is 1. The molecule has 0 radical (unpaired) electrons. The van der Waals surface area contributed by atoms with Gasteiger partial charge in [0, 0.05) is 19.5 Å². The molecule has 0 saturated carbocycles. The SMILES string of the molecule is CC(=S)NCCCC[C@H](NC(=O)[C@H](CCCN=C(N)N)NC(=O)[C@H](C)NC(=O)[C@@H](NC(=O)[C@H](CCC(N)=O)NC(=O)[C@@H](N)CCCCN)[C@@H](C)O)C(=O)N[C@@H](CO)C(=O)N[C@H](C(=O)NCC(=O)NCC(=O)N[C@@H](CCCCN)C(=O)N[C@@H](C)C(=O)O)[C@@H](C)O. The van der Waals surface area contributed by atoms with E-state index in [-0.39, 0.29) is 70.4 Å². The molecular weight excluding hydrogens is 1190 g/mol. The molecular formula is C52H95N19O17S. The van der Waals surface area contributed by atoms with Gasteiger partial charge in [0.25, 0.3) is 0 Å². The highest BCUT2D eigenvalue weighted by Gasteiger charge is 2.36. The van der Waals surface area contributed by atoms with E-state index in [4.69, 9.17) is 51.7 Å². The largest absolute Gasteiger partial charge is 0.480 e. The number of aliphatic hydroxyl groups excluding tert-OH is 3. The Morgan fingerprint density at radius 2 is 0.910 bits per heavy atom. The van der Waals surface area contributed by atoms with E-state index < -0.39 is 169 Å². The summed E-state index contributed by atoms with van der Waals surface area (Å²) in [5, 5.41) is 69.2. The number of hydrogen-bond acceptors (Lipinski definition) is 21. The van der Waals surface area contributed by atoms with Crippen molar-refractivity contribution in [1.29, 1.82) is 0 Å². The Morgan fingerprint density at radius 3 is 1.43 bits per heavy atom. The summed E-state index contributed by atoms with van der Waals surface area (Å²) in [5.74, 6) is -13.3. The zero-order valence-corrected chi connectivity index (χ0v) is 51.8. The van der Waals surface area contributed by atoms with Crippen LogP contribution in [0.15, 0.2) is 4.99 Å². The van der Waals surface area contributed by atoms with Crippen LogP contribution in [-0.2, 0) is 62.3 Å². The standard InChI is InChI=1S/C52H95N19O17S/c1-26(63-50(86)41(29(4)74)71-47(83)35(17-18-37(56)75)67-43(79)31(55)13-6-9-19-53)42(78)66-34(16-12-22-60-52(57)58)45(81)68-33(15-8-11-21-59-30(5)89)46(82)69-36(25-72)48(84)70-40(28(3)73)49(85)62-23-38(76)61-24-39(77)65-32(14-7-10-20-54)44(80)64-27(2)51(87)88/h26-29,31-36,40-41,72-74H,6-25,53-55H2,1-5H3,(H2,56,75)(H,59,89)(H,61,76)(H,62,85)(H,63,86)(H,64,80)(H,65,77)(H,66,78)(H,67,79)(H,68,81)(H,69,82)(H,70,84)(H,71,83)(H,87,88)(H4,57,58,60)/t26-,27-,28+,29+,31-,32-,33-,34-,35-,36-,40-,41-/m0/s1. The third kappa shape index (κ3) is 35.0. The van der Waals surface area contributed by atoms with Gasteiger partial charge in [-0.05, 0) is 118 Å². The molecule has 506 valence electrons. The summed E-state index contributed by atoms with van der Waals surface area (Å²) in [6, 6.07) is -14.9. The van der Waals surface area contributed by atoms with Crippen molar-refractivity contribution in [1.82, 2.24) is 63.8 Å². The average Bonchev–Trinajstić information content (AvgIpc) is 2.02. The van der Waals surface area contributed by atoms with E-state index >= 15 is 0 Å². The van der Waals surface area contributed by atoms with Crippen LogP contribution in [0.25, 0.3) is 0 Å². The van der Waals surface area contributed by atoms with Crippen molar-refractivity contribution in [3.63, 3.8) is 0 Å². The fraction of sp³-hybridized carbons (Fsp3) is 0.712. The van der Waals surface area contributed by atoms with Gasteiger partial charge in [-0.1, -0.05) is 18.6 Å². The van der Waals surface area contributed by atoms with Crippen molar-refractivity contribution in [2.24, 2.45) is 39.4 Å². The van der Waals surface area contributed by atoms with Crippen LogP contribution in [-0.4, -0.2) is 227 Å². The number of nitrogens with zero attached hydrogens (tertiary/aromatic N) is 1.